The van der Waals surface area contributed by atoms with E-state index in [0.29, 0.717) is 23.8 Å². The normalized spacial score (nSPS) is 39.1. The summed E-state index contributed by atoms with van der Waals surface area (Å²) < 4.78 is 5.41. The van der Waals surface area contributed by atoms with Crippen LogP contribution in [0.5, 0.6) is 0 Å². The first-order chi connectivity index (χ1) is 8.58. The highest BCUT2D eigenvalue weighted by Gasteiger charge is 2.61. The monoisotopic (exact) mass is 250 g/mol. The molecule has 2 saturated carbocycles. The minimum atomic E-state index is -0.0252. The molecule has 1 saturated heterocycles. The molecule has 1 heterocycles. The molecule has 100 valence electrons. The summed E-state index contributed by atoms with van der Waals surface area (Å²) in [6.07, 6.45) is 2.56. The molecule has 0 aromatic carbocycles. The summed E-state index contributed by atoms with van der Waals surface area (Å²) in [4.78, 5) is 23.2. The fourth-order valence-corrected chi connectivity index (χ4v) is 3.75. The van der Waals surface area contributed by atoms with Gasteiger partial charge in [-0.25, -0.2) is 0 Å². The lowest BCUT2D eigenvalue weighted by Gasteiger charge is -2.24. The van der Waals surface area contributed by atoms with Crippen LogP contribution in [0.4, 0.5) is 0 Å². The SMILES string of the molecule is C=C(C)C(=O)CC1C2CC3C(=O)OC1C3C2.CC. The van der Waals surface area contributed by atoms with Gasteiger partial charge in [0.05, 0.1) is 5.92 Å². The van der Waals surface area contributed by atoms with Crippen molar-refractivity contribution in [2.45, 2.75) is 46.1 Å². The highest BCUT2D eigenvalue weighted by Crippen LogP contribution is 2.58. The lowest BCUT2D eigenvalue weighted by atomic mass is 9.79. The first-order valence-corrected chi connectivity index (χ1v) is 6.97. The number of carbonyl (C=O) groups is 2. The van der Waals surface area contributed by atoms with Crippen LogP contribution in [0.3, 0.4) is 0 Å². The van der Waals surface area contributed by atoms with E-state index in [2.05, 4.69) is 6.58 Å². The van der Waals surface area contributed by atoms with Crippen LogP contribution in [0.25, 0.3) is 0 Å². The third kappa shape index (κ3) is 1.90. The minimum Gasteiger partial charge on any atom is -0.462 e. The van der Waals surface area contributed by atoms with Crippen LogP contribution in [0, 0.1) is 23.7 Å². The number of rotatable bonds is 3. The van der Waals surface area contributed by atoms with Crippen LogP contribution in [0.2, 0.25) is 0 Å². The summed E-state index contributed by atoms with van der Waals surface area (Å²) in [5.74, 6) is 1.43. The molecule has 3 nitrogen and oxygen atoms in total. The molecule has 0 radical (unpaired) electrons. The summed E-state index contributed by atoms with van der Waals surface area (Å²) >= 11 is 0. The number of ether oxygens (including phenoxy) is 1. The van der Waals surface area contributed by atoms with Crippen molar-refractivity contribution in [1.29, 1.82) is 0 Å². The Morgan fingerprint density at radius 1 is 1.39 bits per heavy atom. The number of Topliss-reactive ketones (excluding diaryl/α,β-unsaturated/α-hetero) is 1. The van der Waals surface area contributed by atoms with E-state index in [1.165, 1.54) is 0 Å². The number of esters is 1. The van der Waals surface area contributed by atoms with Crippen LogP contribution in [0.1, 0.15) is 40.0 Å². The van der Waals surface area contributed by atoms with Crippen molar-refractivity contribution < 1.29 is 14.3 Å². The smallest absolute Gasteiger partial charge is 0.309 e. The van der Waals surface area contributed by atoms with Crippen LogP contribution in [-0.4, -0.2) is 17.9 Å². The van der Waals surface area contributed by atoms with Crippen molar-refractivity contribution in [2.75, 3.05) is 0 Å². The van der Waals surface area contributed by atoms with Crippen LogP contribution in [0.15, 0.2) is 12.2 Å². The third-order valence-corrected chi connectivity index (χ3v) is 4.55. The van der Waals surface area contributed by atoms with Crippen molar-refractivity contribution in [3.8, 4) is 0 Å². The van der Waals surface area contributed by atoms with Crippen molar-refractivity contribution in [2.24, 2.45) is 23.7 Å². The molecule has 2 bridgehead atoms. The zero-order chi connectivity index (χ0) is 13.4. The minimum absolute atomic E-state index is 0.0252. The average Bonchev–Trinajstić information content (AvgIpc) is 2.96. The van der Waals surface area contributed by atoms with Gasteiger partial charge in [0.15, 0.2) is 5.78 Å². The molecule has 0 N–H and O–H groups in total. The molecule has 1 aliphatic heterocycles. The predicted molar refractivity (Wildman–Crippen MR) is 68.9 cm³/mol. The molecule has 2 aliphatic carbocycles. The first kappa shape index (κ1) is 13.3. The van der Waals surface area contributed by atoms with E-state index >= 15 is 0 Å². The molecular weight excluding hydrogens is 228 g/mol. The van der Waals surface area contributed by atoms with Gasteiger partial charge >= 0.3 is 5.97 Å². The zero-order valence-electron chi connectivity index (χ0n) is 11.4. The average molecular weight is 250 g/mol. The molecule has 0 aromatic heterocycles. The Morgan fingerprint density at radius 3 is 2.67 bits per heavy atom. The second kappa shape index (κ2) is 4.87. The molecular formula is C15H22O3. The van der Waals surface area contributed by atoms with E-state index in [1.54, 1.807) is 6.92 Å². The fourth-order valence-electron chi connectivity index (χ4n) is 3.75. The number of hydrogen-bond donors (Lipinski definition) is 0. The number of fused-ring (bicyclic) bond motifs is 1. The Kier molecular flexibility index (Phi) is 3.60. The van der Waals surface area contributed by atoms with Gasteiger partial charge in [-0.05, 0) is 31.3 Å². The Balaban J connectivity index is 0.000000574. The van der Waals surface area contributed by atoms with E-state index in [9.17, 15) is 9.59 Å². The molecule has 18 heavy (non-hydrogen) atoms. The predicted octanol–water partition coefficient (Wildman–Crippen LogP) is 2.75. The van der Waals surface area contributed by atoms with Crippen molar-refractivity contribution in [3.05, 3.63) is 12.2 Å². The highest BCUT2D eigenvalue weighted by molar-refractivity contribution is 5.94. The Morgan fingerprint density at radius 2 is 2.06 bits per heavy atom. The van der Waals surface area contributed by atoms with Gasteiger partial charge < -0.3 is 4.74 Å². The molecule has 5 atom stereocenters. The molecule has 3 rings (SSSR count). The van der Waals surface area contributed by atoms with Gasteiger partial charge in [0.1, 0.15) is 6.10 Å². The Labute approximate surface area is 109 Å². The van der Waals surface area contributed by atoms with Gasteiger partial charge in [0, 0.05) is 18.3 Å². The second-order valence-corrected chi connectivity index (χ2v) is 5.47. The third-order valence-electron chi connectivity index (χ3n) is 4.55. The van der Waals surface area contributed by atoms with Crippen LogP contribution < -0.4 is 0 Å². The maximum absolute atomic E-state index is 11.7. The lowest BCUT2D eigenvalue weighted by molar-refractivity contribution is -0.144. The van der Waals surface area contributed by atoms with Gasteiger partial charge in [0.25, 0.3) is 0 Å². The van der Waals surface area contributed by atoms with Crippen molar-refractivity contribution in [1.82, 2.24) is 0 Å². The van der Waals surface area contributed by atoms with E-state index in [4.69, 9.17) is 4.74 Å². The number of allylic oxidation sites excluding steroid dienone is 1. The second-order valence-electron chi connectivity index (χ2n) is 5.47. The van der Waals surface area contributed by atoms with E-state index < -0.39 is 0 Å². The van der Waals surface area contributed by atoms with Gasteiger partial charge in [-0.3, -0.25) is 9.59 Å². The fraction of sp³-hybridized carbons (Fsp3) is 0.733. The maximum Gasteiger partial charge on any atom is 0.309 e. The van der Waals surface area contributed by atoms with Crippen LogP contribution in [-0.2, 0) is 14.3 Å². The van der Waals surface area contributed by atoms with E-state index in [0.717, 1.165) is 12.8 Å². The lowest BCUT2D eigenvalue weighted by Crippen LogP contribution is -2.28. The quantitative estimate of drug-likeness (QED) is 0.571. The Bertz CT molecular complexity index is 385. The number of carbonyl (C=O) groups excluding carboxylic acids is 2. The van der Waals surface area contributed by atoms with Crippen molar-refractivity contribution in [3.63, 3.8) is 0 Å². The summed E-state index contributed by atoms with van der Waals surface area (Å²) in [6, 6.07) is 0. The Hall–Kier alpha value is -1.12. The van der Waals surface area contributed by atoms with Gasteiger partial charge in [-0.15, -0.1) is 0 Å². The molecule has 0 spiro atoms. The number of hydrogen-bond acceptors (Lipinski definition) is 3. The molecule has 3 aliphatic rings. The molecule has 0 aromatic rings. The molecule has 0 amide bonds. The van der Waals surface area contributed by atoms with E-state index in [1.807, 2.05) is 13.8 Å². The topological polar surface area (TPSA) is 43.4 Å². The van der Waals surface area contributed by atoms with Gasteiger partial charge in [0.2, 0.25) is 0 Å². The van der Waals surface area contributed by atoms with Crippen molar-refractivity contribution >= 4 is 11.8 Å². The number of ketones is 1. The van der Waals surface area contributed by atoms with E-state index in [-0.39, 0.29) is 29.7 Å². The summed E-state index contributed by atoms with van der Waals surface area (Å²) in [7, 11) is 0. The molecule has 3 fully saturated rings. The highest BCUT2D eigenvalue weighted by atomic mass is 16.6. The van der Waals surface area contributed by atoms with Crippen LogP contribution >= 0.6 is 0 Å². The molecule has 5 unspecified atom stereocenters. The zero-order valence-corrected chi connectivity index (χ0v) is 11.4. The molecule has 3 heteroatoms. The summed E-state index contributed by atoms with van der Waals surface area (Å²) in [6.45, 7) is 9.43. The largest absolute Gasteiger partial charge is 0.462 e. The maximum atomic E-state index is 11.7. The van der Waals surface area contributed by atoms with Gasteiger partial charge in [-0.1, -0.05) is 20.4 Å². The first-order valence-electron chi connectivity index (χ1n) is 6.97. The van der Waals surface area contributed by atoms with Gasteiger partial charge in [-0.2, -0.15) is 0 Å². The summed E-state index contributed by atoms with van der Waals surface area (Å²) in [5.41, 5.74) is 0.614. The summed E-state index contributed by atoms with van der Waals surface area (Å²) in [5, 5.41) is 0. The standard InChI is InChI=1S/C13H16O3.C2H6/c1-6(2)11(14)5-8-7-3-9-10(4-7)13(15)16-12(8)9;1-2/h7-10,12H,1,3-5H2,2H3;1-2H3.